The van der Waals surface area contributed by atoms with E-state index in [1.165, 1.54) is 31.6 Å². The monoisotopic (exact) mass is 481 g/mol. The lowest BCUT2D eigenvalue weighted by Gasteiger charge is -2.21. The lowest BCUT2D eigenvalue weighted by atomic mass is 9.98. The third-order valence-corrected chi connectivity index (χ3v) is 5.84. The number of rotatable bonds is 4. The van der Waals surface area contributed by atoms with Crippen molar-refractivity contribution in [1.29, 1.82) is 0 Å². The molecule has 8 nitrogen and oxygen atoms in total. The van der Waals surface area contributed by atoms with Crippen molar-refractivity contribution < 1.29 is 28.2 Å². The molecule has 2 aromatic heterocycles. The van der Waals surface area contributed by atoms with Gasteiger partial charge < -0.3 is 19.2 Å². The number of Topliss-reactive ketones (excluding diaryl/α,β-unsaturated/α-hetero) is 1. The number of methoxy groups -OCH3 is 1. The Hall–Kier alpha value is -4.11. The number of amides is 1. The number of hydrogen-bond donors (Lipinski definition) is 2. The molecule has 10 heteroatoms. The van der Waals surface area contributed by atoms with Crippen molar-refractivity contribution in [2.45, 2.75) is 13.0 Å². The fraction of sp³-hybridized carbons (Fsp3) is 0.125. The molecule has 1 aliphatic rings. The molecule has 3 heterocycles. The van der Waals surface area contributed by atoms with Gasteiger partial charge >= 0.3 is 5.91 Å². The number of nitrogens with zero attached hydrogens (tertiary/aromatic N) is 2. The van der Waals surface area contributed by atoms with Gasteiger partial charge in [-0.15, -0.1) is 0 Å². The first-order valence-corrected chi connectivity index (χ1v) is 10.5. The van der Waals surface area contributed by atoms with Gasteiger partial charge in [0.1, 0.15) is 29.1 Å². The van der Waals surface area contributed by atoms with Crippen LogP contribution < -0.4 is 9.64 Å². The van der Waals surface area contributed by atoms with Gasteiger partial charge in [0.05, 0.1) is 40.6 Å². The Labute approximate surface area is 197 Å². The molecule has 172 valence electrons. The highest BCUT2D eigenvalue weighted by Crippen LogP contribution is 2.44. The number of aliphatic hydroxyl groups excluding tert-OH is 1. The van der Waals surface area contributed by atoms with Crippen molar-refractivity contribution in [1.82, 2.24) is 9.97 Å². The average molecular weight is 482 g/mol. The SMILES string of the molecule is COc1c(Cl)cc(C)cc1/C(O)=C1\C(=O)C(=O)N(c2nc3ccc(F)cc3[nH]2)C1c1ccco1. The molecule has 1 amide bonds. The summed E-state index contributed by atoms with van der Waals surface area (Å²) >= 11 is 6.28. The summed E-state index contributed by atoms with van der Waals surface area (Å²) in [6, 6.07) is 9.16. The summed E-state index contributed by atoms with van der Waals surface area (Å²) in [5, 5.41) is 11.5. The van der Waals surface area contributed by atoms with Crippen molar-refractivity contribution in [3.63, 3.8) is 0 Å². The van der Waals surface area contributed by atoms with E-state index in [-0.39, 0.29) is 33.6 Å². The number of H-pyrrole nitrogens is 1. The van der Waals surface area contributed by atoms with Crippen LogP contribution in [0.1, 0.15) is 22.9 Å². The summed E-state index contributed by atoms with van der Waals surface area (Å²) in [4.78, 5) is 34.7. The van der Waals surface area contributed by atoms with E-state index in [1.807, 2.05) is 0 Å². The summed E-state index contributed by atoms with van der Waals surface area (Å²) < 4.78 is 24.6. The number of benzene rings is 2. The van der Waals surface area contributed by atoms with Crippen molar-refractivity contribution in [3.05, 3.63) is 82.0 Å². The number of aromatic nitrogens is 2. The average Bonchev–Trinajstić information content (AvgIpc) is 3.51. The molecular weight excluding hydrogens is 465 g/mol. The third kappa shape index (κ3) is 3.32. The standard InChI is InChI=1S/C24H17ClFN3O5/c1-11-8-13(22(33-2)14(25)9-11)20(30)18-19(17-4-3-7-34-17)29(23(32)21(18)31)24-27-15-6-5-12(26)10-16(15)28-24/h3-10,19,30H,1-2H3,(H,27,28)/b20-18+. The second-order valence-electron chi connectivity index (χ2n) is 7.73. The number of anilines is 1. The predicted octanol–water partition coefficient (Wildman–Crippen LogP) is 4.89. The van der Waals surface area contributed by atoms with Gasteiger partial charge in [-0.05, 0) is 55.0 Å². The first-order valence-electron chi connectivity index (χ1n) is 10.1. The summed E-state index contributed by atoms with van der Waals surface area (Å²) in [6.45, 7) is 1.76. The number of halogens is 2. The molecule has 2 N–H and O–H groups in total. The van der Waals surface area contributed by atoms with Gasteiger partial charge in [0.25, 0.3) is 5.78 Å². The van der Waals surface area contributed by atoms with E-state index in [4.69, 9.17) is 20.8 Å². The quantitative estimate of drug-likeness (QED) is 0.244. The number of ether oxygens (including phenoxy) is 1. The largest absolute Gasteiger partial charge is 0.507 e. The Morgan fingerprint density at radius 3 is 2.76 bits per heavy atom. The van der Waals surface area contributed by atoms with Crippen LogP contribution in [0.25, 0.3) is 16.8 Å². The fourth-order valence-corrected chi connectivity index (χ4v) is 4.46. The maximum atomic E-state index is 13.7. The molecule has 2 aromatic carbocycles. The van der Waals surface area contributed by atoms with Crippen LogP contribution in [0.4, 0.5) is 10.3 Å². The number of furan rings is 1. The number of carbonyl (C=O) groups is 2. The Morgan fingerprint density at radius 1 is 1.26 bits per heavy atom. The topological polar surface area (TPSA) is 109 Å². The highest BCUT2D eigenvalue weighted by Gasteiger charge is 2.49. The highest BCUT2D eigenvalue weighted by molar-refractivity contribution is 6.51. The molecule has 1 unspecified atom stereocenters. The number of imidazole rings is 1. The summed E-state index contributed by atoms with van der Waals surface area (Å²) in [5.74, 6) is -2.51. The van der Waals surface area contributed by atoms with Crippen LogP contribution in [0, 0.1) is 12.7 Å². The molecule has 1 saturated heterocycles. The molecule has 34 heavy (non-hydrogen) atoms. The molecule has 0 radical (unpaired) electrons. The fourth-order valence-electron chi connectivity index (χ4n) is 4.11. The van der Waals surface area contributed by atoms with E-state index in [0.717, 1.165) is 4.90 Å². The smallest absolute Gasteiger partial charge is 0.302 e. The first kappa shape index (κ1) is 21.7. The van der Waals surface area contributed by atoms with Crippen LogP contribution >= 0.6 is 11.6 Å². The van der Waals surface area contributed by atoms with E-state index in [2.05, 4.69) is 9.97 Å². The van der Waals surface area contributed by atoms with E-state index in [1.54, 1.807) is 31.2 Å². The van der Waals surface area contributed by atoms with E-state index in [9.17, 15) is 19.1 Å². The molecule has 0 saturated carbocycles. The predicted molar refractivity (Wildman–Crippen MR) is 122 cm³/mol. The highest BCUT2D eigenvalue weighted by atomic mass is 35.5. The van der Waals surface area contributed by atoms with Crippen LogP contribution in [0.5, 0.6) is 5.75 Å². The zero-order valence-corrected chi connectivity index (χ0v) is 18.7. The Balaban J connectivity index is 1.75. The Kier molecular flexibility index (Phi) is 5.13. The van der Waals surface area contributed by atoms with E-state index in [0.29, 0.717) is 16.6 Å². The van der Waals surface area contributed by atoms with E-state index >= 15 is 0 Å². The van der Waals surface area contributed by atoms with Crippen molar-refractivity contribution in [3.8, 4) is 5.75 Å². The number of aromatic amines is 1. The van der Waals surface area contributed by atoms with Crippen molar-refractivity contribution in [2.24, 2.45) is 0 Å². The number of aliphatic hydroxyl groups is 1. The van der Waals surface area contributed by atoms with Gasteiger partial charge in [-0.2, -0.15) is 0 Å². The normalized spacial score (nSPS) is 17.6. The molecule has 1 atom stereocenters. The molecule has 0 aliphatic carbocycles. The Bertz CT molecular complexity index is 1490. The van der Waals surface area contributed by atoms with Crippen LogP contribution in [0.15, 0.2) is 58.7 Å². The summed E-state index contributed by atoms with van der Waals surface area (Å²) in [7, 11) is 1.38. The van der Waals surface area contributed by atoms with Gasteiger partial charge in [-0.25, -0.2) is 9.37 Å². The minimum Gasteiger partial charge on any atom is -0.507 e. The van der Waals surface area contributed by atoms with Crippen molar-refractivity contribution in [2.75, 3.05) is 12.0 Å². The molecule has 5 rings (SSSR count). The van der Waals surface area contributed by atoms with Gasteiger partial charge in [0.2, 0.25) is 5.95 Å². The second kappa shape index (κ2) is 8.03. The number of carbonyl (C=O) groups excluding carboxylic acids is 2. The molecule has 1 fully saturated rings. The minimum absolute atomic E-state index is 0.00242. The summed E-state index contributed by atoms with van der Waals surface area (Å²) in [5.41, 5.74) is 1.35. The van der Waals surface area contributed by atoms with E-state index < -0.39 is 29.3 Å². The second-order valence-corrected chi connectivity index (χ2v) is 8.14. The molecular formula is C24H17ClFN3O5. The first-order chi connectivity index (χ1) is 16.3. The van der Waals surface area contributed by atoms with Crippen LogP contribution in [0.2, 0.25) is 5.02 Å². The lowest BCUT2D eigenvalue weighted by molar-refractivity contribution is -0.132. The Morgan fingerprint density at radius 2 is 2.06 bits per heavy atom. The number of aryl methyl sites for hydroxylation is 1. The third-order valence-electron chi connectivity index (χ3n) is 5.56. The van der Waals surface area contributed by atoms with Crippen molar-refractivity contribution >= 4 is 46.0 Å². The number of ketones is 1. The van der Waals surface area contributed by atoms with Gasteiger partial charge in [0.15, 0.2) is 0 Å². The van der Waals surface area contributed by atoms with Gasteiger partial charge in [-0.3, -0.25) is 14.5 Å². The van der Waals surface area contributed by atoms with Crippen LogP contribution in [-0.2, 0) is 9.59 Å². The van der Waals surface area contributed by atoms with Crippen LogP contribution in [-0.4, -0.2) is 33.9 Å². The van der Waals surface area contributed by atoms with Gasteiger partial charge in [-0.1, -0.05) is 11.6 Å². The molecule has 4 aromatic rings. The van der Waals surface area contributed by atoms with Gasteiger partial charge in [0, 0.05) is 0 Å². The minimum atomic E-state index is -1.15. The maximum absolute atomic E-state index is 13.7. The summed E-state index contributed by atoms with van der Waals surface area (Å²) in [6.07, 6.45) is 1.38. The number of nitrogens with one attached hydrogen (secondary N) is 1. The zero-order valence-electron chi connectivity index (χ0n) is 17.9. The lowest BCUT2D eigenvalue weighted by Crippen LogP contribution is -2.30. The molecule has 0 bridgehead atoms. The number of hydrogen-bond acceptors (Lipinski definition) is 6. The maximum Gasteiger partial charge on any atom is 0.302 e. The number of fused-ring (bicyclic) bond motifs is 1. The van der Waals surface area contributed by atoms with Crippen LogP contribution in [0.3, 0.4) is 0 Å². The molecule has 0 spiro atoms. The zero-order chi connectivity index (χ0) is 24.1. The molecule has 1 aliphatic heterocycles.